The van der Waals surface area contributed by atoms with Gasteiger partial charge in [-0.2, -0.15) is 0 Å². The normalized spacial score (nSPS) is 31.0. The highest BCUT2D eigenvalue weighted by molar-refractivity contribution is 6.30. The SMILES string of the molecule is C[C@@H](NCc1ccccc1OCc1ccc(Cl)cc1)C12CC3CC(CC(C3)C1)C2. The van der Waals surface area contributed by atoms with Crippen molar-refractivity contribution < 1.29 is 4.74 Å². The fourth-order valence-electron chi connectivity index (χ4n) is 6.72. The summed E-state index contributed by atoms with van der Waals surface area (Å²) in [6.45, 7) is 3.88. The van der Waals surface area contributed by atoms with Gasteiger partial charge in [-0.05, 0) is 92.4 Å². The minimum atomic E-state index is 0.536. The summed E-state index contributed by atoms with van der Waals surface area (Å²) in [5.74, 6) is 3.98. The number of ether oxygens (including phenoxy) is 1. The van der Waals surface area contributed by atoms with Crippen molar-refractivity contribution in [2.75, 3.05) is 0 Å². The maximum Gasteiger partial charge on any atom is 0.124 e. The second-order valence-corrected chi connectivity index (χ2v) is 10.3. The molecule has 4 fully saturated rings. The number of para-hydroxylation sites is 1. The lowest BCUT2D eigenvalue weighted by Gasteiger charge is -2.59. The van der Waals surface area contributed by atoms with Gasteiger partial charge in [0.2, 0.25) is 0 Å². The molecule has 6 rings (SSSR count). The Morgan fingerprint density at radius 1 is 0.966 bits per heavy atom. The molecule has 0 spiro atoms. The first kappa shape index (κ1) is 19.5. The summed E-state index contributed by atoms with van der Waals surface area (Å²) in [6, 6.07) is 16.9. The van der Waals surface area contributed by atoms with Gasteiger partial charge < -0.3 is 10.1 Å². The first-order chi connectivity index (χ1) is 14.1. The summed E-state index contributed by atoms with van der Waals surface area (Å²) >= 11 is 5.99. The van der Waals surface area contributed by atoms with E-state index in [0.717, 1.165) is 40.6 Å². The van der Waals surface area contributed by atoms with Gasteiger partial charge >= 0.3 is 0 Å². The number of hydrogen-bond donors (Lipinski definition) is 1. The van der Waals surface area contributed by atoms with Crippen LogP contribution in [0.1, 0.15) is 56.6 Å². The minimum Gasteiger partial charge on any atom is -0.489 e. The molecule has 1 atom stereocenters. The molecule has 4 aliphatic carbocycles. The van der Waals surface area contributed by atoms with E-state index in [2.05, 4.69) is 36.5 Å². The lowest BCUT2D eigenvalue weighted by atomic mass is 9.48. The molecule has 0 amide bonds. The van der Waals surface area contributed by atoms with Crippen molar-refractivity contribution in [3.8, 4) is 5.75 Å². The summed E-state index contributed by atoms with van der Waals surface area (Å²) < 4.78 is 6.16. The highest BCUT2D eigenvalue weighted by atomic mass is 35.5. The topological polar surface area (TPSA) is 21.3 Å². The molecule has 4 aliphatic rings. The first-order valence-corrected chi connectivity index (χ1v) is 11.7. The van der Waals surface area contributed by atoms with Crippen LogP contribution in [0.4, 0.5) is 0 Å². The van der Waals surface area contributed by atoms with Gasteiger partial charge in [0.25, 0.3) is 0 Å². The molecule has 154 valence electrons. The molecule has 2 aromatic rings. The quantitative estimate of drug-likeness (QED) is 0.555. The maximum atomic E-state index is 6.16. The van der Waals surface area contributed by atoms with E-state index in [1.807, 2.05) is 24.3 Å². The van der Waals surface area contributed by atoms with Crippen LogP contribution in [-0.4, -0.2) is 6.04 Å². The van der Waals surface area contributed by atoms with Crippen molar-refractivity contribution >= 4 is 11.6 Å². The Balaban J connectivity index is 1.22. The molecule has 1 N–H and O–H groups in total. The molecular weight excluding hydrogens is 378 g/mol. The summed E-state index contributed by atoms with van der Waals surface area (Å²) in [4.78, 5) is 0. The van der Waals surface area contributed by atoms with E-state index in [1.54, 1.807) is 0 Å². The first-order valence-electron chi connectivity index (χ1n) is 11.3. The summed E-state index contributed by atoms with van der Waals surface area (Å²) in [5.41, 5.74) is 2.92. The van der Waals surface area contributed by atoms with Crippen molar-refractivity contribution in [1.29, 1.82) is 0 Å². The van der Waals surface area contributed by atoms with Crippen molar-refractivity contribution in [2.45, 2.75) is 64.6 Å². The van der Waals surface area contributed by atoms with E-state index in [0.29, 0.717) is 18.1 Å². The number of benzene rings is 2. The van der Waals surface area contributed by atoms with Gasteiger partial charge in [-0.1, -0.05) is 41.9 Å². The lowest BCUT2D eigenvalue weighted by molar-refractivity contribution is -0.0706. The van der Waals surface area contributed by atoms with Crippen LogP contribution in [0.3, 0.4) is 0 Å². The molecule has 0 aromatic heterocycles. The van der Waals surface area contributed by atoms with E-state index in [-0.39, 0.29) is 0 Å². The van der Waals surface area contributed by atoms with Gasteiger partial charge in [0.15, 0.2) is 0 Å². The summed E-state index contributed by atoms with van der Waals surface area (Å²) in [7, 11) is 0. The standard InChI is InChI=1S/C26H32ClNO/c1-18(26-13-20-10-21(14-26)12-22(11-20)15-26)28-16-23-4-2-3-5-25(23)29-17-19-6-8-24(27)9-7-19/h2-9,18,20-22,28H,10-17H2,1H3/t18-,20?,21?,22?,26?/m1/s1. The van der Waals surface area contributed by atoms with Crippen LogP contribution in [0, 0.1) is 23.2 Å². The second kappa shape index (κ2) is 7.96. The summed E-state index contributed by atoms with van der Waals surface area (Å²) in [6.07, 6.45) is 8.86. The van der Waals surface area contributed by atoms with Crippen LogP contribution in [-0.2, 0) is 13.2 Å². The molecule has 0 aliphatic heterocycles. The molecule has 0 radical (unpaired) electrons. The molecular formula is C26H32ClNO. The van der Waals surface area contributed by atoms with E-state index >= 15 is 0 Å². The molecule has 2 aromatic carbocycles. The van der Waals surface area contributed by atoms with Crippen LogP contribution in [0.5, 0.6) is 5.75 Å². The van der Waals surface area contributed by atoms with Crippen LogP contribution in [0.25, 0.3) is 0 Å². The zero-order chi connectivity index (χ0) is 19.8. The van der Waals surface area contributed by atoms with Gasteiger partial charge in [-0.3, -0.25) is 0 Å². The zero-order valence-corrected chi connectivity index (χ0v) is 18.1. The zero-order valence-electron chi connectivity index (χ0n) is 17.4. The van der Waals surface area contributed by atoms with Crippen LogP contribution in [0.2, 0.25) is 5.02 Å². The number of nitrogens with one attached hydrogen (secondary N) is 1. The predicted octanol–water partition coefficient (Wildman–Crippen LogP) is 6.61. The minimum absolute atomic E-state index is 0.536. The highest BCUT2D eigenvalue weighted by Gasteiger charge is 2.52. The van der Waals surface area contributed by atoms with Crippen LogP contribution in [0.15, 0.2) is 48.5 Å². The highest BCUT2D eigenvalue weighted by Crippen LogP contribution is 2.61. The molecule has 29 heavy (non-hydrogen) atoms. The lowest BCUT2D eigenvalue weighted by Crippen LogP contribution is -2.54. The Labute approximate surface area is 180 Å². The average molecular weight is 410 g/mol. The third-order valence-corrected chi connectivity index (χ3v) is 8.14. The molecule has 0 heterocycles. The molecule has 0 unspecified atom stereocenters. The Morgan fingerprint density at radius 3 is 2.24 bits per heavy atom. The number of hydrogen-bond acceptors (Lipinski definition) is 2. The van der Waals surface area contributed by atoms with Gasteiger partial charge in [0.05, 0.1) is 0 Å². The Bertz CT molecular complexity index is 811. The van der Waals surface area contributed by atoms with Gasteiger partial charge in [-0.15, -0.1) is 0 Å². The van der Waals surface area contributed by atoms with Gasteiger partial charge in [0.1, 0.15) is 12.4 Å². The van der Waals surface area contributed by atoms with Crippen LogP contribution < -0.4 is 10.1 Å². The maximum absolute atomic E-state index is 6.16. The van der Waals surface area contributed by atoms with Crippen molar-refractivity contribution in [1.82, 2.24) is 5.32 Å². The summed E-state index contributed by atoms with van der Waals surface area (Å²) in [5, 5.41) is 4.67. The van der Waals surface area contributed by atoms with E-state index in [1.165, 1.54) is 44.1 Å². The van der Waals surface area contributed by atoms with E-state index < -0.39 is 0 Å². The van der Waals surface area contributed by atoms with E-state index in [9.17, 15) is 0 Å². The largest absolute Gasteiger partial charge is 0.489 e. The smallest absolute Gasteiger partial charge is 0.124 e. The number of rotatable bonds is 7. The average Bonchev–Trinajstić information content (AvgIpc) is 2.71. The monoisotopic (exact) mass is 409 g/mol. The van der Waals surface area contributed by atoms with Crippen LogP contribution >= 0.6 is 11.6 Å². The Kier molecular flexibility index (Phi) is 5.34. The molecule has 4 bridgehead atoms. The fourth-order valence-corrected chi connectivity index (χ4v) is 6.85. The number of halogens is 1. The fraction of sp³-hybridized carbons (Fsp3) is 0.538. The van der Waals surface area contributed by atoms with Gasteiger partial charge in [-0.25, -0.2) is 0 Å². The second-order valence-electron chi connectivity index (χ2n) is 9.91. The van der Waals surface area contributed by atoms with Crippen molar-refractivity contribution in [2.24, 2.45) is 23.2 Å². The molecule has 2 nitrogen and oxygen atoms in total. The third-order valence-electron chi connectivity index (χ3n) is 7.88. The van der Waals surface area contributed by atoms with Crippen molar-refractivity contribution in [3.63, 3.8) is 0 Å². The Hall–Kier alpha value is -1.51. The molecule has 4 saturated carbocycles. The van der Waals surface area contributed by atoms with Gasteiger partial charge in [0, 0.05) is 23.2 Å². The molecule has 3 heteroatoms. The predicted molar refractivity (Wildman–Crippen MR) is 119 cm³/mol. The third kappa shape index (κ3) is 4.07. The Morgan fingerprint density at radius 2 is 1.59 bits per heavy atom. The van der Waals surface area contributed by atoms with Crippen molar-refractivity contribution in [3.05, 3.63) is 64.7 Å². The van der Waals surface area contributed by atoms with E-state index in [4.69, 9.17) is 16.3 Å². The molecule has 0 saturated heterocycles.